The fourth-order valence-electron chi connectivity index (χ4n) is 4.03. The van der Waals surface area contributed by atoms with E-state index in [2.05, 4.69) is 17.1 Å². The Balaban J connectivity index is 1.38. The van der Waals surface area contributed by atoms with Crippen molar-refractivity contribution in [3.63, 3.8) is 0 Å². The SMILES string of the molecule is Cc1nc(N2CCC3(CCCC3)CC2)sc1CNC1CC1. The van der Waals surface area contributed by atoms with Gasteiger partial charge in [0.1, 0.15) is 0 Å². The Labute approximate surface area is 132 Å². The van der Waals surface area contributed by atoms with Gasteiger partial charge in [-0.15, -0.1) is 11.3 Å². The summed E-state index contributed by atoms with van der Waals surface area (Å²) in [5, 5.41) is 4.89. The van der Waals surface area contributed by atoms with Gasteiger partial charge in [0.15, 0.2) is 5.13 Å². The molecule has 0 unspecified atom stereocenters. The quantitative estimate of drug-likeness (QED) is 0.915. The largest absolute Gasteiger partial charge is 0.348 e. The molecule has 2 heterocycles. The van der Waals surface area contributed by atoms with Crippen LogP contribution in [0.4, 0.5) is 5.13 Å². The van der Waals surface area contributed by atoms with Crippen molar-refractivity contribution in [1.29, 1.82) is 0 Å². The molecule has 1 aromatic heterocycles. The summed E-state index contributed by atoms with van der Waals surface area (Å²) in [7, 11) is 0. The van der Waals surface area contributed by atoms with E-state index in [0.717, 1.165) is 12.6 Å². The number of aryl methyl sites for hydroxylation is 1. The van der Waals surface area contributed by atoms with Crippen LogP contribution < -0.4 is 10.2 Å². The van der Waals surface area contributed by atoms with Crippen molar-refractivity contribution in [3.05, 3.63) is 10.6 Å². The molecule has 0 radical (unpaired) electrons. The lowest BCUT2D eigenvalue weighted by atomic mass is 9.77. The van der Waals surface area contributed by atoms with Crippen LogP contribution in [0.1, 0.15) is 61.9 Å². The van der Waals surface area contributed by atoms with Gasteiger partial charge in [0.05, 0.1) is 5.69 Å². The average Bonchev–Trinajstić information content (AvgIpc) is 3.11. The Morgan fingerprint density at radius 2 is 1.90 bits per heavy atom. The van der Waals surface area contributed by atoms with E-state index in [1.165, 1.54) is 80.2 Å². The van der Waals surface area contributed by atoms with E-state index in [1.54, 1.807) is 0 Å². The summed E-state index contributed by atoms with van der Waals surface area (Å²) in [6.45, 7) is 5.64. The van der Waals surface area contributed by atoms with Gasteiger partial charge in [-0.25, -0.2) is 4.98 Å². The number of anilines is 1. The summed E-state index contributed by atoms with van der Waals surface area (Å²) in [6, 6.07) is 0.784. The van der Waals surface area contributed by atoms with Gasteiger partial charge in [0.25, 0.3) is 0 Å². The van der Waals surface area contributed by atoms with Crippen LogP contribution >= 0.6 is 11.3 Å². The maximum Gasteiger partial charge on any atom is 0.185 e. The Bertz CT molecular complexity index is 490. The summed E-state index contributed by atoms with van der Waals surface area (Å²) in [6.07, 6.45) is 11.4. The third-order valence-electron chi connectivity index (χ3n) is 5.77. The monoisotopic (exact) mass is 305 g/mol. The number of piperidine rings is 1. The minimum atomic E-state index is 0.708. The van der Waals surface area contributed by atoms with E-state index in [9.17, 15) is 0 Å². The van der Waals surface area contributed by atoms with Crippen LogP contribution in [0.25, 0.3) is 0 Å². The Morgan fingerprint density at radius 1 is 1.19 bits per heavy atom. The predicted molar refractivity (Wildman–Crippen MR) is 89.1 cm³/mol. The maximum absolute atomic E-state index is 4.85. The first-order valence-corrected chi connectivity index (χ1v) is 9.50. The molecule has 1 N–H and O–H groups in total. The van der Waals surface area contributed by atoms with E-state index in [1.807, 2.05) is 11.3 Å². The van der Waals surface area contributed by atoms with E-state index >= 15 is 0 Å². The summed E-state index contributed by atoms with van der Waals surface area (Å²) in [5.41, 5.74) is 1.95. The van der Waals surface area contributed by atoms with Gasteiger partial charge in [-0.05, 0) is 50.9 Å². The molecule has 3 nitrogen and oxygen atoms in total. The van der Waals surface area contributed by atoms with E-state index < -0.39 is 0 Å². The zero-order chi connectivity index (χ0) is 14.3. The van der Waals surface area contributed by atoms with Crippen molar-refractivity contribution < 1.29 is 0 Å². The zero-order valence-electron chi connectivity index (χ0n) is 13.2. The first-order valence-electron chi connectivity index (χ1n) is 8.69. The number of aromatic nitrogens is 1. The maximum atomic E-state index is 4.85. The summed E-state index contributed by atoms with van der Waals surface area (Å²) < 4.78 is 0. The molecular formula is C17H27N3S. The number of hydrogen-bond acceptors (Lipinski definition) is 4. The van der Waals surface area contributed by atoms with Crippen molar-refractivity contribution in [2.45, 2.75) is 70.9 Å². The fraction of sp³-hybridized carbons (Fsp3) is 0.824. The molecule has 2 aliphatic carbocycles. The third kappa shape index (κ3) is 2.98. The molecule has 1 aliphatic heterocycles. The van der Waals surface area contributed by atoms with Gasteiger partial charge in [-0.2, -0.15) is 0 Å². The normalized spacial score (nSPS) is 24.9. The lowest BCUT2D eigenvalue weighted by molar-refractivity contribution is 0.226. The second-order valence-corrected chi connectivity index (χ2v) is 8.42. The Hall–Kier alpha value is -0.610. The van der Waals surface area contributed by atoms with Gasteiger partial charge in [-0.1, -0.05) is 12.8 Å². The fourth-order valence-corrected chi connectivity index (χ4v) is 5.10. The van der Waals surface area contributed by atoms with E-state index in [0.29, 0.717) is 5.41 Å². The molecule has 0 atom stereocenters. The second-order valence-electron chi connectivity index (χ2n) is 7.35. The molecule has 21 heavy (non-hydrogen) atoms. The summed E-state index contributed by atoms with van der Waals surface area (Å²) >= 11 is 1.92. The molecule has 3 fully saturated rings. The Morgan fingerprint density at radius 3 is 2.57 bits per heavy atom. The average molecular weight is 305 g/mol. The molecule has 3 aliphatic rings. The number of hydrogen-bond donors (Lipinski definition) is 1. The Kier molecular flexibility index (Phi) is 3.70. The molecular weight excluding hydrogens is 278 g/mol. The first kappa shape index (κ1) is 14.0. The molecule has 1 aromatic rings. The van der Waals surface area contributed by atoms with Crippen molar-refractivity contribution in [1.82, 2.24) is 10.3 Å². The highest BCUT2D eigenvalue weighted by Gasteiger charge is 2.37. The number of nitrogens with zero attached hydrogens (tertiary/aromatic N) is 2. The zero-order valence-corrected chi connectivity index (χ0v) is 14.0. The highest BCUT2D eigenvalue weighted by molar-refractivity contribution is 7.15. The van der Waals surface area contributed by atoms with Crippen LogP contribution in [0.15, 0.2) is 0 Å². The van der Waals surface area contributed by atoms with Crippen molar-refractivity contribution in [2.24, 2.45) is 5.41 Å². The van der Waals surface area contributed by atoms with Crippen LogP contribution in [0.2, 0.25) is 0 Å². The minimum absolute atomic E-state index is 0.708. The van der Waals surface area contributed by atoms with Crippen LogP contribution in [0.3, 0.4) is 0 Å². The molecule has 0 aromatic carbocycles. The standard InChI is InChI=1S/C17H27N3S/c1-13-15(12-18-14-4-5-14)21-16(19-13)20-10-8-17(9-11-20)6-2-3-7-17/h14,18H,2-12H2,1H3. The molecule has 1 spiro atoms. The first-order chi connectivity index (χ1) is 10.2. The molecule has 4 heteroatoms. The van der Waals surface area contributed by atoms with Crippen molar-refractivity contribution in [3.8, 4) is 0 Å². The highest BCUT2D eigenvalue weighted by atomic mass is 32.1. The van der Waals surface area contributed by atoms with Crippen molar-refractivity contribution in [2.75, 3.05) is 18.0 Å². The van der Waals surface area contributed by atoms with Crippen LogP contribution in [-0.4, -0.2) is 24.1 Å². The second kappa shape index (κ2) is 5.54. The smallest absolute Gasteiger partial charge is 0.185 e. The topological polar surface area (TPSA) is 28.2 Å². The number of rotatable bonds is 4. The third-order valence-corrected chi connectivity index (χ3v) is 6.99. The summed E-state index contributed by atoms with van der Waals surface area (Å²) in [4.78, 5) is 8.84. The molecule has 0 amide bonds. The molecule has 4 rings (SSSR count). The van der Waals surface area contributed by atoms with Gasteiger partial charge < -0.3 is 10.2 Å². The van der Waals surface area contributed by atoms with Crippen LogP contribution in [0.5, 0.6) is 0 Å². The summed E-state index contributed by atoms with van der Waals surface area (Å²) in [5.74, 6) is 0. The molecule has 2 saturated carbocycles. The van der Waals surface area contributed by atoms with E-state index in [-0.39, 0.29) is 0 Å². The van der Waals surface area contributed by atoms with Crippen LogP contribution in [-0.2, 0) is 6.54 Å². The molecule has 0 bridgehead atoms. The predicted octanol–water partition coefficient (Wildman–Crippen LogP) is 3.86. The number of nitrogens with one attached hydrogen (secondary N) is 1. The molecule has 1 saturated heterocycles. The van der Waals surface area contributed by atoms with Gasteiger partial charge in [0.2, 0.25) is 0 Å². The highest BCUT2D eigenvalue weighted by Crippen LogP contribution is 2.47. The van der Waals surface area contributed by atoms with Gasteiger partial charge in [0, 0.05) is 30.6 Å². The van der Waals surface area contributed by atoms with Gasteiger partial charge in [-0.3, -0.25) is 0 Å². The number of thiazole rings is 1. The van der Waals surface area contributed by atoms with Crippen molar-refractivity contribution >= 4 is 16.5 Å². The van der Waals surface area contributed by atoms with Crippen LogP contribution in [0, 0.1) is 12.3 Å². The lowest BCUT2D eigenvalue weighted by Gasteiger charge is -2.39. The lowest BCUT2D eigenvalue weighted by Crippen LogP contribution is -2.38. The minimum Gasteiger partial charge on any atom is -0.348 e. The van der Waals surface area contributed by atoms with Gasteiger partial charge >= 0.3 is 0 Å². The van der Waals surface area contributed by atoms with E-state index in [4.69, 9.17) is 4.98 Å². The molecule has 116 valence electrons.